The van der Waals surface area contributed by atoms with Gasteiger partial charge < -0.3 is 19.9 Å². The number of ether oxygens (including phenoxy) is 2. The summed E-state index contributed by atoms with van der Waals surface area (Å²) in [5.74, 6) is 0. The number of nitrogens with zero attached hydrogens (tertiary/aromatic N) is 2. The van der Waals surface area contributed by atoms with Gasteiger partial charge in [-0.2, -0.15) is 5.10 Å². The summed E-state index contributed by atoms with van der Waals surface area (Å²) in [7, 11) is 3.48. The number of hydrogen-bond acceptors (Lipinski definition) is 5. The molecule has 0 aliphatic carbocycles. The van der Waals surface area contributed by atoms with Crippen molar-refractivity contribution < 1.29 is 14.6 Å². The Morgan fingerprint density at radius 3 is 2.88 bits per heavy atom. The molecule has 0 saturated heterocycles. The summed E-state index contributed by atoms with van der Waals surface area (Å²) in [6.45, 7) is 3.71. The van der Waals surface area contributed by atoms with Gasteiger partial charge in [-0.05, 0) is 6.92 Å². The van der Waals surface area contributed by atoms with Crippen molar-refractivity contribution in [3.8, 4) is 0 Å². The molecule has 0 fully saturated rings. The van der Waals surface area contributed by atoms with Crippen molar-refractivity contribution in [1.29, 1.82) is 0 Å². The van der Waals surface area contributed by atoms with E-state index in [0.717, 1.165) is 11.4 Å². The fourth-order valence-electron chi connectivity index (χ4n) is 1.42. The molecule has 0 aliphatic heterocycles. The average molecular weight is 243 g/mol. The first-order valence-electron chi connectivity index (χ1n) is 5.62. The van der Waals surface area contributed by atoms with Gasteiger partial charge in [0.05, 0.1) is 37.3 Å². The monoisotopic (exact) mass is 243 g/mol. The van der Waals surface area contributed by atoms with Crippen LogP contribution in [0.3, 0.4) is 0 Å². The number of aliphatic hydroxyl groups excluding tert-OH is 1. The molecule has 6 heteroatoms. The quantitative estimate of drug-likeness (QED) is 0.637. The van der Waals surface area contributed by atoms with Crippen LogP contribution in [-0.4, -0.2) is 54.5 Å². The van der Waals surface area contributed by atoms with Crippen LogP contribution in [0.15, 0.2) is 6.20 Å². The lowest BCUT2D eigenvalue weighted by Crippen LogP contribution is -2.25. The molecule has 0 aromatic carbocycles. The summed E-state index contributed by atoms with van der Waals surface area (Å²) in [6.07, 6.45) is 1.35. The van der Waals surface area contributed by atoms with E-state index in [2.05, 4.69) is 10.4 Å². The Hall–Kier alpha value is -1.11. The molecule has 0 bridgehead atoms. The normalized spacial score (nSPS) is 12.7. The number of nitrogens with one attached hydrogen (secondary N) is 1. The molecule has 1 atom stereocenters. The molecule has 1 aromatic heterocycles. The molecule has 0 aliphatic rings. The molecule has 98 valence electrons. The van der Waals surface area contributed by atoms with E-state index in [-0.39, 0.29) is 0 Å². The third-order valence-electron chi connectivity index (χ3n) is 2.28. The van der Waals surface area contributed by atoms with Crippen molar-refractivity contribution in [1.82, 2.24) is 9.78 Å². The van der Waals surface area contributed by atoms with Crippen LogP contribution >= 0.6 is 0 Å². The first-order chi connectivity index (χ1) is 8.13. The van der Waals surface area contributed by atoms with Crippen LogP contribution in [-0.2, 0) is 16.5 Å². The summed E-state index contributed by atoms with van der Waals surface area (Å²) in [4.78, 5) is 0. The maximum absolute atomic E-state index is 9.65. The Kier molecular flexibility index (Phi) is 5.96. The van der Waals surface area contributed by atoms with E-state index >= 15 is 0 Å². The number of aliphatic hydroxyl groups is 1. The van der Waals surface area contributed by atoms with Gasteiger partial charge in [0.1, 0.15) is 0 Å². The molecule has 6 nitrogen and oxygen atoms in total. The highest BCUT2D eigenvalue weighted by molar-refractivity contribution is 5.45. The second kappa shape index (κ2) is 7.26. The van der Waals surface area contributed by atoms with Crippen LogP contribution in [0, 0.1) is 6.92 Å². The molecule has 1 rings (SSSR count). The lowest BCUT2D eigenvalue weighted by Gasteiger charge is -2.12. The standard InChI is InChI=1S/C11H21N3O3/c1-9-11(7-14(2)13-9)12-6-10(15)8-17-5-4-16-3/h7,10,12,15H,4-6,8H2,1-3H3. The van der Waals surface area contributed by atoms with Gasteiger partial charge in [0.2, 0.25) is 0 Å². The molecule has 0 radical (unpaired) electrons. The van der Waals surface area contributed by atoms with Gasteiger partial charge in [-0.25, -0.2) is 0 Å². The number of methoxy groups -OCH3 is 1. The molecular formula is C11H21N3O3. The molecule has 0 amide bonds. The smallest absolute Gasteiger partial charge is 0.0945 e. The fourth-order valence-corrected chi connectivity index (χ4v) is 1.42. The maximum Gasteiger partial charge on any atom is 0.0945 e. The Bertz CT molecular complexity index is 328. The van der Waals surface area contributed by atoms with Crippen molar-refractivity contribution in [3.63, 3.8) is 0 Å². The minimum atomic E-state index is -0.536. The number of aromatic nitrogens is 2. The summed E-state index contributed by atoms with van der Waals surface area (Å²) >= 11 is 0. The van der Waals surface area contributed by atoms with Crippen LogP contribution in [0.25, 0.3) is 0 Å². The molecule has 0 spiro atoms. The highest BCUT2D eigenvalue weighted by Gasteiger charge is 2.07. The van der Waals surface area contributed by atoms with Crippen LogP contribution < -0.4 is 5.32 Å². The third kappa shape index (κ3) is 5.16. The maximum atomic E-state index is 9.65. The van der Waals surface area contributed by atoms with Crippen LogP contribution in [0.4, 0.5) is 5.69 Å². The molecule has 0 saturated carbocycles. The number of rotatable bonds is 8. The van der Waals surface area contributed by atoms with Crippen molar-refractivity contribution in [2.24, 2.45) is 7.05 Å². The predicted octanol–water partition coefficient (Wildman–Crippen LogP) is 0.164. The summed E-state index contributed by atoms with van der Waals surface area (Å²) in [6, 6.07) is 0. The average Bonchev–Trinajstić information content (AvgIpc) is 2.61. The Labute approximate surface area is 102 Å². The van der Waals surface area contributed by atoms with Gasteiger partial charge >= 0.3 is 0 Å². The van der Waals surface area contributed by atoms with Gasteiger partial charge in [0, 0.05) is 26.9 Å². The summed E-state index contributed by atoms with van der Waals surface area (Å²) in [5, 5.41) is 17.0. The lowest BCUT2D eigenvalue weighted by atomic mass is 10.3. The van der Waals surface area contributed by atoms with Crippen LogP contribution in [0.1, 0.15) is 5.69 Å². The topological polar surface area (TPSA) is 68.5 Å². The zero-order valence-corrected chi connectivity index (χ0v) is 10.6. The van der Waals surface area contributed by atoms with E-state index in [4.69, 9.17) is 9.47 Å². The fraction of sp³-hybridized carbons (Fsp3) is 0.727. The Morgan fingerprint density at radius 1 is 1.53 bits per heavy atom. The van der Waals surface area contributed by atoms with E-state index in [1.807, 2.05) is 20.2 Å². The molecule has 1 heterocycles. The minimum absolute atomic E-state index is 0.301. The van der Waals surface area contributed by atoms with Gasteiger partial charge in [-0.3, -0.25) is 4.68 Å². The van der Waals surface area contributed by atoms with Crippen LogP contribution in [0.5, 0.6) is 0 Å². The highest BCUT2D eigenvalue weighted by atomic mass is 16.5. The van der Waals surface area contributed by atoms with Crippen molar-refractivity contribution in [2.75, 3.05) is 38.8 Å². The third-order valence-corrected chi connectivity index (χ3v) is 2.28. The lowest BCUT2D eigenvalue weighted by molar-refractivity contribution is 0.0182. The molecule has 2 N–H and O–H groups in total. The number of anilines is 1. The summed E-state index contributed by atoms with van der Waals surface area (Å²) < 4.78 is 11.8. The first-order valence-corrected chi connectivity index (χ1v) is 5.62. The second-order valence-corrected chi connectivity index (χ2v) is 3.90. The van der Waals surface area contributed by atoms with E-state index in [0.29, 0.717) is 26.4 Å². The Balaban J connectivity index is 2.19. The van der Waals surface area contributed by atoms with Gasteiger partial charge in [0.25, 0.3) is 0 Å². The Morgan fingerprint density at radius 2 is 2.29 bits per heavy atom. The second-order valence-electron chi connectivity index (χ2n) is 3.90. The van der Waals surface area contributed by atoms with E-state index in [1.54, 1.807) is 11.8 Å². The predicted molar refractivity (Wildman–Crippen MR) is 65.1 cm³/mol. The molecule has 1 unspecified atom stereocenters. The van der Waals surface area contributed by atoms with Crippen molar-refractivity contribution in [2.45, 2.75) is 13.0 Å². The van der Waals surface area contributed by atoms with Crippen LogP contribution in [0.2, 0.25) is 0 Å². The SMILES string of the molecule is COCCOCC(O)CNc1cn(C)nc1C. The molecule has 1 aromatic rings. The largest absolute Gasteiger partial charge is 0.389 e. The molecular weight excluding hydrogens is 222 g/mol. The van der Waals surface area contributed by atoms with Gasteiger partial charge in [-0.1, -0.05) is 0 Å². The van der Waals surface area contributed by atoms with Gasteiger partial charge in [-0.15, -0.1) is 0 Å². The van der Waals surface area contributed by atoms with E-state index in [9.17, 15) is 5.11 Å². The van der Waals surface area contributed by atoms with Crippen molar-refractivity contribution >= 4 is 5.69 Å². The zero-order valence-electron chi connectivity index (χ0n) is 10.6. The summed E-state index contributed by atoms with van der Waals surface area (Å²) in [5.41, 5.74) is 1.85. The van der Waals surface area contributed by atoms with Crippen molar-refractivity contribution in [3.05, 3.63) is 11.9 Å². The molecule has 17 heavy (non-hydrogen) atoms. The van der Waals surface area contributed by atoms with Gasteiger partial charge in [0.15, 0.2) is 0 Å². The first kappa shape index (κ1) is 14.0. The minimum Gasteiger partial charge on any atom is -0.389 e. The number of aryl methyl sites for hydroxylation is 2. The van der Waals surface area contributed by atoms with E-state index in [1.165, 1.54) is 0 Å². The van der Waals surface area contributed by atoms with E-state index < -0.39 is 6.10 Å². The zero-order chi connectivity index (χ0) is 12.7. The highest BCUT2D eigenvalue weighted by Crippen LogP contribution is 2.10. The number of hydrogen-bond donors (Lipinski definition) is 2.